The fraction of sp³-hybridized carbons (Fsp3) is 0.333. The molecule has 4 rings (SSSR count). The van der Waals surface area contributed by atoms with Gasteiger partial charge in [0.2, 0.25) is 0 Å². The summed E-state index contributed by atoms with van der Waals surface area (Å²) in [7, 11) is 0. The quantitative estimate of drug-likeness (QED) is 0.546. The maximum Gasteiger partial charge on any atom is 0.261 e. The van der Waals surface area contributed by atoms with Crippen LogP contribution in [0.15, 0.2) is 53.0 Å². The van der Waals surface area contributed by atoms with Crippen LogP contribution < -0.4 is 4.90 Å². The molecule has 1 amide bonds. The highest BCUT2D eigenvalue weighted by molar-refractivity contribution is 9.10. The molecule has 0 radical (unpaired) electrons. The largest absolute Gasteiger partial charge is 0.379 e. The van der Waals surface area contributed by atoms with Gasteiger partial charge in [-0.15, -0.1) is 0 Å². The maximum absolute atomic E-state index is 13.4. The number of amides is 1. The highest BCUT2D eigenvalue weighted by atomic mass is 79.9. The predicted molar refractivity (Wildman–Crippen MR) is 117 cm³/mol. The summed E-state index contributed by atoms with van der Waals surface area (Å²) in [6.07, 6.45) is 0.895. The number of rotatable bonds is 6. The van der Waals surface area contributed by atoms with Gasteiger partial charge in [0.25, 0.3) is 5.91 Å². The number of hydrogen-bond acceptors (Lipinski definition) is 5. The lowest BCUT2D eigenvalue weighted by molar-refractivity contribution is 0.0376. The van der Waals surface area contributed by atoms with Crippen molar-refractivity contribution < 1.29 is 9.53 Å². The van der Waals surface area contributed by atoms with Crippen LogP contribution in [0.1, 0.15) is 16.8 Å². The summed E-state index contributed by atoms with van der Waals surface area (Å²) in [6, 6.07) is 15.6. The van der Waals surface area contributed by atoms with Crippen LogP contribution in [-0.4, -0.2) is 55.2 Å². The highest BCUT2D eigenvalue weighted by Gasteiger charge is 2.23. The minimum Gasteiger partial charge on any atom is -0.379 e. The van der Waals surface area contributed by atoms with Crippen molar-refractivity contribution in [2.75, 3.05) is 44.3 Å². The summed E-state index contributed by atoms with van der Waals surface area (Å²) >= 11 is 5.08. The highest BCUT2D eigenvalue weighted by Crippen LogP contribution is 2.30. The molecule has 0 aliphatic carbocycles. The van der Waals surface area contributed by atoms with E-state index in [4.69, 9.17) is 9.72 Å². The topological polar surface area (TPSA) is 45.7 Å². The van der Waals surface area contributed by atoms with Gasteiger partial charge in [0.1, 0.15) is 0 Å². The van der Waals surface area contributed by atoms with E-state index in [-0.39, 0.29) is 5.91 Å². The van der Waals surface area contributed by atoms with Gasteiger partial charge in [-0.2, -0.15) is 0 Å². The third kappa shape index (κ3) is 4.43. The van der Waals surface area contributed by atoms with Crippen molar-refractivity contribution in [2.45, 2.75) is 6.42 Å². The van der Waals surface area contributed by atoms with Crippen LogP contribution in [0.4, 0.5) is 5.13 Å². The molecule has 1 saturated heterocycles. The fourth-order valence-corrected chi connectivity index (χ4v) is 4.76. The second kappa shape index (κ2) is 9.13. The van der Waals surface area contributed by atoms with E-state index < -0.39 is 0 Å². The van der Waals surface area contributed by atoms with E-state index in [9.17, 15) is 4.79 Å². The van der Waals surface area contributed by atoms with E-state index in [1.165, 1.54) is 0 Å². The zero-order chi connectivity index (χ0) is 19.3. The molecule has 1 aliphatic rings. The Morgan fingerprint density at radius 3 is 2.68 bits per heavy atom. The van der Waals surface area contributed by atoms with Gasteiger partial charge in [0.15, 0.2) is 5.13 Å². The van der Waals surface area contributed by atoms with E-state index in [1.807, 2.05) is 53.4 Å². The Balaban J connectivity index is 1.56. The number of aromatic nitrogens is 1. The number of benzene rings is 2. The Labute approximate surface area is 177 Å². The number of halogens is 1. The van der Waals surface area contributed by atoms with Crippen LogP contribution in [0.2, 0.25) is 0 Å². The molecule has 2 aromatic carbocycles. The zero-order valence-corrected chi connectivity index (χ0v) is 17.9. The zero-order valence-electron chi connectivity index (χ0n) is 15.5. The first-order chi connectivity index (χ1) is 13.7. The molecule has 2 heterocycles. The number of ether oxygens (including phenoxy) is 1. The normalized spacial score (nSPS) is 15.0. The number of carbonyl (C=O) groups is 1. The molecule has 1 fully saturated rings. The molecule has 0 bridgehead atoms. The van der Waals surface area contributed by atoms with E-state index in [0.29, 0.717) is 12.1 Å². The summed E-state index contributed by atoms with van der Waals surface area (Å²) in [5, 5.41) is 0.754. The van der Waals surface area contributed by atoms with Gasteiger partial charge in [0, 0.05) is 30.7 Å². The monoisotopic (exact) mass is 459 g/mol. The van der Waals surface area contributed by atoms with Gasteiger partial charge in [-0.25, -0.2) is 4.98 Å². The van der Waals surface area contributed by atoms with Crippen molar-refractivity contribution in [2.24, 2.45) is 0 Å². The molecule has 0 spiro atoms. The molecule has 3 aromatic rings. The number of thiazole rings is 1. The summed E-state index contributed by atoms with van der Waals surface area (Å²) in [4.78, 5) is 22.3. The lowest BCUT2D eigenvalue weighted by Gasteiger charge is -2.27. The number of hydrogen-bond donors (Lipinski definition) is 0. The van der Waals surface area contributed by atoms with E-state index in [1.54, 1.807) is 11.3 Å². The Bertz CT molecular complexity index is 922. The molecule has 146 valence electrons. The molecule has 0 atom stereocenters. The van der Waals surface area contributed by atoms with Gasteiger partial charge in [-0.05, 0) is 46.6 Å². The first kappa shape index (κ1) is 19.5. The standard InChI is InChI=1S/C21H22BrN3O2S/c22-17-7-2-1-6-16(17)20(26)25(11-5-10-24-12-14-27-15-13-24)21-23-18-8-3-4-9-19(18)28-21/h1-4,6-9H,5,10-15H2. The van der Waals surface area contributed by atoms with Crippen LogP contribution in [-0.2, 0) is 4.74 Å². The second-order valence-electron chi connectivity index (χ2n) is 6.71. The summed E-state index contributed by atoms with van der Waals surface area (Å²) in [5.74, 6) is -0.0199. The number of nitrogens with zero attached hydrogens (tertiary/aromatic N) is 3. The van der Waals surface area contributed by atoms with E-state index in [2.05, 4.69) is 20.8 Å². The van der Waals surface area contributed by atoms with E-state index >= 15 is 0 Å². The summed E-state index contributed by atoms with van der Waals surface area (Å²) in [5.41, 5.74) is 1.59. The molecule has 0 unspecified atom stereocenters. The summed E-state index contributed by atoms with van der Waals surface area (Å²) in [6.45, 7) is 5.08. The lowest BCUT2D eigenvalue weighted by Crippen LogP contribution is -2.39. The minimum absolute atomic E-state index is 0.0199. The molecule has 0 N–H and O–H groups in total. The number of morpholine rings is 1. The van der Waals surface area contributed by atoms with Crippen molar-refractivity contribution in [1.82, 2.24) is 9.88 Å². The average Bonchev–Trinajstić information content (AvgIpc) is 3.16. The fourth-order valence-electron chi connectivity index (χ4n) is 3.32. The van der Waals surface area contributed by atoms with Crippen LogP contribution in [0, 0.1) is 0 Å². The van der Waals surface area contributed by atoms with Crippen molar-refractivity contribution in [1.29, 1.82) is 0 Å². The van der Waals surface area contributed by atoms with Crippen LogP contribution in [0.3, 0.4) is 0 Å². The van der Waals surface area contributed by atoms with Crippen LogP contribution in [0.25, 0.3) is 10.2 Å². The molecule has 5 nitrogen and oxygen atoms in total. The number of anilines is 1. The molecule has 1 aliphatic heterocycles. The predicted octanol–water partition coefficient (Wildman–Crippen LogP) is 4.43. The van der Waals surface area contributed by atoms with Gasteiger partial charge >= 0.3 is 0 Å². The lowest BCUT2D eigenvalue weighted by atomic mass is 10.2. The van der Waals surface area contributed by atoms with Crippen molar-refractivity contribution in [3.8, 4) is 0 Å². The number of fused-ring (bicyclic) bond motifs is 1. The van der Waals surface area contributed by atoms with E-state index in [0.717, 1.165) is 59.1 Å². The van der Waals surface area contributed by atoms with Gasteiger partial charge in [0.05, 0.1) is 29.0 Å². The first-order valence-electron chi connectivity index (χ1n) is 9.44. The molecular formula is C21H22BrN3O2S. The third-order valence-electron chi connectivity index (χ3n) is 4.82. The SMILES string of the molecule is O=C(c1ccccc1Br)N(CCCN1CCOCC1)c1nc2ccccc2s1. The smallest absolute Gasteiger partial charge is 0.261 e. The Kier molecular flexibility index (Phi) is 6.36. The molecule has 28 heavy (non-hydrogen) atoms. The van der Waals surface area contributed by atoms with Crippen molar-refractivity contribution in [3.63, 3.8) is 0 Å². The summed E-state index contributed by atoms with van der Waals surface area (Å²) < 4.78 is 7.32. The number of para-hydroxylation sites is 1. The van der Waals surface area contributed by atoms with Crippen LogP contribution >= 0.6 is 27.3 Å². The van der Waals surface area contributed by atoms with Gasteiger partial charge in [-0.1, -0.05) is 35.6 Å². The Hall–Kier alpha value is -1.80. The Morgan fingerprint density at radius 1 is 1.14 bits per heavy atom. The number of carbonyl (C=O) groups excluding carboxylic acids is 1. The molecular weight excluding hydrogens is 438 g/mol. The molecule has 7 heteroatoms. The second-order valence-corrected chi connectivity index (χ2v) is 8.57. The average molecular weight is 460 g/mol. The van der Waals surface area contributed by atoms with Crippen LogP contribution in [0.5, 0.6) is 0 Å². The molecule has 0 saturated carbocycles. The first-order valence-corrected chi connectivity index (χ1v) is 11.1. The van der Waals surface area contributed by atoms with Gasteiger partial charge < -0.3 is 4.74 Å². The van der Waals surface area contributed by atoms with Gasteiger partial charge in [-0.3, -0.25) is 14.6 Å². The van der Waals surface area contributed by atoms with Crippen molar-refractivity contribution >= 4 is 48.5 Å². The van der Waals surface area contributed by atoms with Crippen molar-refractivity contribution in [3.05, 3.63) is 58.6 Å². The maximum atomic E-state index is 13.4. The third-order valence-corrected chi connectivity index (χ3v) is 6.57. The minimum atomic E-state index is -0.0199. The molecule has 1 aromatic heterocycles. The Morgan fingerprint density at radius 2 is 1.89 bits per heavy atom.